The van der Waals surface area contributed by atoms with Crippen molar-refractivity contribution in [3.8, 4) is 5.75 Å². The maximum Gasteiger partial charge on any atom is 0.257 e. The Morgan fingerprint density at radius 2 is 2.21 bits per heavy atom. The first-order chi connectivity index (χ1) is 11.5. The van der Waals surface area contributed by atoms with Gasteiger partial charge in [-0.15, -0.1) is 0 Å². The van der Waals surface area contributed by atoms with Gasteiger partial charge >= 0.3 is 0 Å². The van der Waals surface area contributed by atoms with E-state index in [1.54, 1.807) is 4.90 Å². The van der Waals surface area contributed by atoms with Gasteiger partial charge < -0.3 is 26.4 Å². The van der Waals surface area contributed by atoms with E-state index in [4.69, 9.17) is 27.8 Å². The lowest BCUT2D eigenvalue weighted by Crippen LogP contribution is -2.46. The highest BCUT2D eigenvalue weighted by Gasteiger charge is 2.30. The van der Waals surface area contributed by atoms with Gasteiger partial charge in [0.1, 0.15) is 5.75 Å². The molecule has 0 spiro atoms. The Labute approximate surface area is 146 Å². The average molecular weight is 355 g/mol. The molecule has 5 N–H and O–H groups in total. The molecule has 0 saturated carbocycles. The van der Waals surface area contributed by atoms with Crippen LogP contribution in [0.5, 0.6) is 5.75 Å². The van der Waals surface area contributed by atoms with Crippen LogP contribution in [-0.4, -0.2) is 50.0 Å². The maximum atomic E-state index is 12.8. The number of hydrogen-bond donors (Lipinski definition) is 3. The Bertz CT molecular complexity index is 624. The molecule has 8 heteroatoms. The number of ether oxygens (including phenoxy) is 1. The van der Waals surface area contributed by atoms with Crippen LogP contribution < -0.4 is 21.5 Å². The molecule has 1 atom stereocenters. The van der Waals surface area contributed by atoms with E-state index in [1.165, 1.54) is 19.2 Å². The molecule has 1 saturated heterocycles. The molecule has 2 amide bonds. The van der Waals surface area contributed by atoms with E-state index in [9.17, 15) is 9.59 Å². The fraction of sp³-hybridized carbons (Fsp3) is 0.500. The van der Waals surface area contributed by atoms with Gasteiger partial charge in [0.15, 0.2) is 0 Å². The summed E-state index contributed by atoms with van der Waals surface area (Å²) in [7, 11) is 1.47. The molecule has 1 heterocycles. The molecule has 7 nitrogen and oxygen atoms in total. The third-order valence-electron chi connectivity index (χ3n) is 4.07. The molecule has 0 bridgehead atoms. The number of nitrogens with one attached hydrogen (secondary N) is 1. The van der Waals surface area contributed by atoms with Crippen molar-refractivity contribution in [3.05, 3.63) is 22.7 Å². The Hall–Kier alpha value is -1.99. The fourth-order valence-corrected chi connectivity index (χ4v) is 2.95. The predicted molar refractivity (Wildman–Crippen MR) is 93.1 cm³/mol. The van der Waals surface area contributed by atoms with Gasteiger partial charge in [0.2, 0.25) is 5.91 Å². The normalized spacial score (nSPS) is 17.5. The number of anilines is 1. The second-order valence-corrected chi connectivity index (χ2v) is 6.15. The summed E-state index contributed by atoms with van der Waals surface area (Å²) in [6, 6.07) is 3.04. The van der Waals surface area contributed by atoms with Crippen molar-refractivity contribution in [3.63, 3.8) is 0 Å². The molecule has 0 radical (unpaired) electrons. The fourth-order valence-electron chi connectivity index (χ4n) is 2.79. The Morgan fingerprint density at radius 3 is 2.88 bits per heavy atom. The number of nitrogens with two attached hydrogens (primary N) is 2. The van der Waals surface area contributed by atoms with Crippen LogP contribution in [0, 0.1) is 5.92 Å². The monoisotopic (exact) mass is 354 g/mol. The molecular weight excluding hydrogens is 332 g/mol. The lowest BCUT2D eigenvalue weighted by atomic mass is 9.96. The first kappa shape index (κ1) is 18.4. The van der Waals surface area contributed by atoms with E-state index in [2.05, 4.69) is 5.32 Å². The number of likely N-dealkylation sites (tertiary alicyclic amines) is 1. The number of carbonyl (C=O) groups excluding carboxylic acids is 2. The molecule has 0 aromatic heterocycles. The van der Waals surface area contributed by atoms with Gasteiger partial charge in [-0.3, -0.25) is 9.59 Å². The first-order valence-electron chi connectivity index (χ1n) is 7.88. The third-order valence-corrected chi connectivity index (χ3v) is 4.40. The van der Waals surface area contributed by atoms with Crippen molar-refractivity contribution in [2.75, 3.05) is 39.0 Å². The van der Waals surface area contributed by atoms with Crippen molar-refractivity contribution in [1.29, 1.82) is 0 Å². The second-order valence-electron chi connectivity index (χ2n) is 5.74. The Kier molecular flexibility index (Phi) is 6.28. The van der Waals surface area contributed by atoms with Gasteiger partial charge in [0.25, 0.3) is 5.91 Å². The molecule has 1 fully saturated rings. The van der Waals surface area contributed by atoms with Gasteiger partial charge in [-0.25, -0.2) is 0 Å². The summed E-state index contributed by atoms with van der Waals surface area (Å²) in [4.78, 5) is 26.6. The van der Waals surface area contributed by atoms with Crippen molar-refractivity contribution in [2.45, 2.75) is 12.8 Å². The van der Waals surface area contributed by atoms with Gasteiger partial charge in [-0.2, -0.15) is 0 Å². The number of benzene rings is 1. The smallest absolute Gasteiger partial charge is 0.257 e. The zero-order valence-electron chi connectivity index (χ0n) is 13.7. The number of nitrogen functional groups attached to an aromatic ring is 1. The molecule has 1 aliphatic rings. The van der Waals surface area contributed by atoms with E-state index in [0.29, 0.717) is 48.2 Å². The predicted octanol–water partition coefficient (Wildman–Crippen LogP) is 0.858. The van der Waals surface area contributed by atoms with Crippen LogP contribution in [0.4, 0.5) is 5.69 Å². The lowest BCUT2D eigenvalue weighted by molar-refractivity contribution is -0.126. The van der Waals surface area contributed by atoms with Gasteiger partial charge in [0.05, 0.1) is 29.3 Å². The van der Waals surface area contributed by atoms with Crippen molar-refractivity contribution in [1.82, 2.24) is 10.2 Å². The summed E-state index contributed by atoms with van der Waals surface area (Å²) in [5.74, 6) is -0.147. The molecule has 24 heavy (non-hydrogen) atoms. The van der Waals surface area contributed by atoms with E-state index >= 15 is 0 Å². The summed E-state index contributed by atoms with van der Waals surface area (Å²) < 4.78 is 5.24. The van der Waals surface area contributed by atoms with Crippen LogP contribution >= 0.6 is 11.6 Å². The van der Waals surface area contributed by atoms with Crippen molar-refractivity contribution < 1.29 is 14.3 Å². The highest BCUT2D eigenvalue weighted by Crippen LogP contribution is 2.30. The molecule has 132 valence electrons. The lowest BCUT2D eigenvalue weighted by Gasteiger charge is -2.32. The molecule has 1 aliphatic heterocycles. The van der Waals surface area contributed by atoms with E-state index < -0.39 is 0 Å². The molecule has 2 rings (SSSR count). The minimum Gasteiger partial charge on any atom is -0.496 e. The van der Waals surface area contributed by atoms with E-state index in [1.807, 2.05) is 0 Å². The summed E-state index contributed by atoms with van der Waals surface area (Å²) in [6.45, 7) is 1.78. The van der Waals surface area contributed by atoms with Crippen LogP contribution in [-0.2, 0) is 4.79 Å². The van der Waals surface area contributed by atoms with Gasteiger partial charge in [0, 0.05) is 32.2 Å². The number of amides is 2. The second kappa shape index (κ2) is 8.21. The standard InChI is InChI=1S/C16H23ClN4O3/c1-24-14-8-13(19)12(17)7-11(14)16(23)21-6-2-3-10(9-21)15(22)20-5-4-18/h7-8,10H,2-6,9,18-19H2,1H3,(H,20,22). The number of piperidine rings is 1. The number of methoxy groups -OCH3 is 1. The number of nitrogens with zero attached hydrogens (tertiary/aromatic N) is 1. The minimum absolute atomic E-state index is 0.0692. The summed E-state index contributed by atoms with van der Waals surface area (Å²) in [5.41, 5.74) is 11.8. The average Bonchev–Trinajstić information content (AvgIpc) is 2.61. The SMILES string of the molecule is COc1cc(N)c(Cl)cc1C(=O)N1CCCC(C(=O)NCCN)C1. The number of carbonyl (C=O) groups is 2. The highest BCUT2D eigenvalue weighted by atomic mass is 35.5. The zero-order chi connectivity index (χ0) is 17.7. The third kappa shape index (κ3) is 4.10. The van der Waals surface area contributed by atoms with Crippen LogP contribution in [0.25, 0.3) is 0 Å². The Morgan fingerprint density at radius 1 is 1.46 bits per heavy atom. The topological polar surface area (TPSA) is 111 Å². The van der Waals surface area contributed by atoms with Crippen molar-refractivity contribution >= 4 is 29.1 Å². The Balaban J connectivity index is 2.15. The molecule has 1 unspecified atom stereocenters. The largest absolute Gasteiger partial charge is 0.496 e. The maximum absolute atomic E-state index is 12.8. The number of rotatable bonds is 5. The van der Waals surface area contributed by atoms with Crippen LogP contribution in [0.15, 0.2) is 12.1 Å². The van der Waals surface area contributed by atoms with Crippen LogP contribution in [0.1, 0.15) is 23.2 Å². The minimum atomic E-state index is -0.232. The summed E-state index contributed by atoms with van der Waals surface area (Å²) in [5, 5.41) is 3.08. The molecule has 1 aromatic carbocycles. The van der Waals surface area contributed by atoms with E-state index in [-0.39, 0.29) is 17.7 Å². The molecular formula is C16H23ClN4O3. The summed E-state index contributed by atoms with van der Waals surface area (Å²) >= 11 is 6.03. The number of hydrogen-bond acceptors (Lipinski definition) is 5. The van der Waals surface area contributed by atoms with Crippen molar-refractivity contribution in [2.24, 2.45) is 11.7 Å². The van der Waals surface area contributed by atoms with Gasteiger partial charge in [-0.05, 0) is 18.9 Å². The van der Waals surface area contributed by atoms with Crippen LogP contribution in [0.2, 0.25) is 5.02 Å². The molecule has 1 aromatic rings. The quantitative estimate of drug-likeness (QED) is 0.679. The van der Waals surface area contributed by atoms with E-state index in [0.717, 1.165) is 12.8 Å². The molecule has 0 aliphatic carbocycles. The zero-order valence-corrected chi connectivity index (χ0v) is 14.4. The first-order valence-corrected chi connectivity index (χ1v) is 8.25. The summed E-state index contributed by atoms with van der Waals surface area (Å²) in [6.07, 6.45) is 1.51. The van der Waals surface area contributed by atoms with Crippen LogP contribution in [0.3, 0.4) is 0 Å². The number of halogens is 1. The van der Waals surface area contributed by atoms with Gasteiger partial charge in [-0.1, -0.05) is 11.6 Å². The highest BCUT2D eigenvalue weighted by molar-refractivity contribution is 6.33.